The molecule has 2 unspecified atom stereocenters. The highest BCUT2D eigenvalue weighted by Gasteiger charge is 2.23. The molecule has 1 aliphatic rings. The second-order valence-corrected chi connectivity index (χ2v) is 6.34. The van der Waals surface area contributed by atoms with E-state index in [1.807, 2.05) is 11.3 Å². The summed E-state index contributed by atoms with van der Waals surface area (Å²) in [5.74, 6) is 0.802. The van der Waals surface area contributed by atoms with Crippen LogP contribution >= 0.6 is 11.3 Å². The maximum atomic E-state index is 3.76. The van der Waals surface area contributed by atoms with Gasteiger partial charge in [-0.15, -0.1) is 11.3 Å². The predicted molar refractivity (Wildman–Crippen MR) is 75.6 cm³/mol. The molecule has 1 saturated heterocycles. The molecule has 1 fully saturated rings. The number of piperidine rings is 1. The van der Waals surface area contributed by atoms with Crippen molar-refractivity contribution in [2.24, 2.45) is 5.92 Å². The lowest BCUT2D eigenvalue weighted by atomic mass is 9.91. The zero-order chi connectivity index (χ0) is 12.3. The van der Waals surface area contributed by atoms with Crippen LogP contribution in [0.4, 0.5) is 0 Å². The van der Waals surface area contributed by atoms with E-state index in [4.69, 9.17) is 0 Å². The summed E-state index contributed by atoms with van der Waals surface area (Å²) < 4.78 is 0. The van der Waals surface area contributed by atoms with E-state index >= 15 is 0 Å². The van der Waals surface area contributed by atoms with E-state index < -0.39 is 0 Å². The summed E-state index contributed by atoms with van der Waals surface area (Å²) in [4.78, 5) is 3.91. The van der Waals surface area contributed by atoms with Gasteiger partial charge in [0.25, 0.3) is 0 Å². The average Bonchev–Trinajstić information content (AvgIpc) is 2.82. The zero-order valence-corrected chi connectivity index (χ0v) is 12.0. The van der Waals surface area contributed by atoms with Crippen molar-refractivity contribution in [2.45, 2.75) is 38.8 Å². The third kappa shape index (κ3) is 3.54. The second kappa shape index (κ2) is 5.98. The van der Waals surface area contributed by atoms with Gasteiger partial charge >= 0.3 is 0 Å². The van der Waals surface area contributed by atoms with Gasteiger partial charge in [-0.1, -0.05) is 6.07 Å². The van der Waals surface area contributed by atoms with Crippen LogP contribution in [0.2, 0.25) is 0 Å². The number of rotatable bonds is 4. The highest BCUT2D eigenvalue weighted by atomic mass is 32.1. The topological polar surface area (TPSA) is 15.3 Å². The first-order valence-corrected chi connectivity index (χ1v) is 7.53. The maximum absolute atomic E-state index is 3.76. The molecule has 2 nitrogen and oxygen atoms in total. The summed E-state index contributed by atoms with van der Waals surface area (Å²) in [5, 5.41) is 5.92. The zero-order valence-electron chi connectivity index (χ0n) is 11.1. The summed E-state index contributed by atoms with van der Waals surface area (Å²) >= 11 is 1.85. The molecule has 17 heavy (non-hydrogen) atoms. The molecule has 1 N–H and O–H groups in total. The summed E-state index contributed by atoms with van der Waals surface area (Å²) in [6, 6.07) is 5.45. The molecule has 2 heterocycles. The number of hydrogen-bond donors (Lipinski definition) is 1. The van der Waals surface area contributed by atoms with Crippen LogP contribution < -0.4 is 5.32 Å². The normalized spacial score (nSPS) is 25.7. The largest absolute Gasteiger partial charge is 0.307 e. The molecule has 0 bridgehead atoms. The van der Waals surface area contributed by atoms with E-state index in [9.17, 15) is 0 Å². The maximum Gasteiger partial charge on any atom is 0.0388 e. The number of thiophene rings is 1. The van der Waals surface area contributed by atoms with Crippen LogP contribution in [0.15, 0.2) is 17.5 Å². The van der Waals surface area contributed by atoms with Crippen molar-refractivity contribution in [2.75, 3.05) is 20.1 Å². The Bertz CT molecular complexity index is 323. The van der Waals surface area contributed by atoms with Gasteiger partial charge in [-0.2, -0.15) is 0 Å². The van der Waals surface area contributed by atoms with Crippen LogP contribution in [-0.2, 0) is 0 Å². The third-order valence-corrected chi connectivity index (χ3v) is 4.91. The Labute approximate surface area is 109 Å². The standard InChI is InChI=1S/C14H24N2S/c1-11(13-6-4-8-16(3)10-13)15-12(2)14-7-5-9-17-14/h5,7,9,11-13,15H,4,6,8,10H2,1-3H3/t11?,12-,13?/m1/s1. The van der Waals surface area contributed by atoms with E-state index in [0.717, 1.165) is 5.92 Å². The van der Waals surface area contributed by atoms with Crippen molar-refractivity contribution in [3.05, 3.63) is 22.4 Å². The van der Waals surface area contributed by atoms with Gasteiger partial charge in [0.05, 0.1) is 0 Å². The Morgan fingerprint density at radius 1 is 1.47 bits per heavy atom. The minimum Gasteiger partial charge on any atom is -0.307 e. The fourth-order valence-electron chi connectivity index (χ4n) is 2.76. The lowest BCUT2D eigenvalue weighted by Gasteiger charge is -2.35. The Kier molecular flexibility index (Phi) is 4.60. The van der Waals surface area contributed by atoms with Gasteiger partial charge in [0.15, 0.2) is 0 Å². The molecular formula is C14H24N2S. The summed E-state index contributed by atoms with van der Waals surface area (Å²) in [6.45, 7) is 7.12. The highest BCUT2D eigenvalue weighted by molar-refractivity contribution is 7.10. The quantitative estimate of drug-likeness (QED) is 0.885. The van der Waals surface area contributed by atoms with E-state index in [1.165, 1.54) is 30.8 Å². The molecule has 1 aromatic rings. The molecule has 0 aromatic carbocycles. The van der Waals surface area contributed by atoms with Crippen LogP contribution in [0.3, 0.4) is 0 Å². The first kappa shape index (κ1) is 13.1. The molecule has 1 aromatic heterocycles. The molecule has 2 rings (SSSR count). The van der Waals surface area contributed by atoms with Crippen LogP contribution in [-0.4, -0.2) is 31.1 Å². The van der Waals surface area contributed by atoms with Crippen LogP contribution in [0.5, 0.6) is 0 Å². The van der Waals surface area contributed by atoms with E-state index in [1.54, 1.807) is 0 Å². The van der Waals surface area contributed by atoms with Gasteiger partial charge in [-0.25, -0.2) is 0 Å². The van der Waals surface area contributed by atoms with Crippen LogP contribution in [0, 0.1) is 5.92 Å². The molecule has 0 spiro atoms. The minimum atomic E-state index is 0.484. The fourth-order valence-corrected chi connectivity index (χ4v) is 3.51. The van der Waals surface area contributed by atoms with Crippen LogP contribution in [0.1, 0.15) is 37.6 Å². The van der Waals surface area contributed by atoms with Gasteiger partial charge in [0, 0.05) is 23.5 Å². The Hall–Kier alpha value is -0.380. The highest BCUT2D eigenvalue weighted by Crippen LogP contribution is 2.23. The SMILES string of the molecule is CC(N[C@H](C)c1cccs1)C1CCCN(C)C1. The molecule has 0 aliphatic carbocycles. The lowest BCUT2D eigenvalue weighted by Crippen LogP contribution is -2.43. The number of hydrogen-bond acceptors (Lipinski definition) is 3. The van der Waals surface area contributed by atoms with Gasteiger partial charge < -0.3 is 10.2 Å². The van der Waals surface area contributed by atoms with E-state index in [2.05, 4.69) is 48.6 Å². The molecule has 1 aliphatic heterocycles. The molecule has 0 amide bonds. The van der Waals surface area contributed by atoms with Crippen molar-refractivity contribution in [1.29, 1.82) is 0 Å². The average molecular weight is 252 g/mol. The van der Waals surface area contributed by atoms with Gasteiger partial charge in [-0.05, 0) is 57.6 Å². The monoisotopic (exact) mass is 252 g/mol. The van der Waals surface area contributed by atoms with Crippen molar-refractivity contribution in [3.63, 3.8) is 0 Å². The number of likely N-dealkylation sites (tertiary alicyclic amines) is 1. The predicted octanol–water partition coefficient (Wildman–Crippen LogP) is 3.13. The van der Waals surface area contributed by atoms with Gasteiger partial charge in [-0.3, -0.25) is 0 Å². The first-order valence-electron chi connectivity index (χ1n) is 6.65. The molecule has 3 heteroatoms. The lowest BCUT2D eigenvalue weighted by molar-refractivity contribution is 0.174. The van der Waals surface area contributed by atoms with Gasteiger partial charge in [0.2, 0.25) is 0 Å². The van der Waals surface area contributed by atoms with Gasteiger partial charge in [0.1, 0.15) is 0 Å². The van der Waals surface area contributed by atoms with Crippen molar-refractivity contribution >= 4 is 11.3 Å². The summed E-state index contributed by atoms with van der Waals surface area (Å²) in [7, 11) is 2.24. The number of nitrogens with one attached hydrogen (secondary N) is 1. The fraction of sp³-hybridized carbons (Fsp3) is 0.714. The molecule has 0 radical (unpaired) electrons. The summed E-state index contributed by atoms with van der Waals surface area (Å²) in [5.41, 5.74) is 0. The minimum absolute atomic E-state index is 0.484. The molecule has 96 valence electrons. The first-order chi connectivity index (χ1) is 8.16. The van der Waals surface area contributed by atoms with Crippen molar-refractivity contribution < 1.29 is 0 Å². The molecule has 0 saturated carbocycles. The van der Waals surface area contributed by atoms with Crippen molar-refractivity contribution in [1.82, 2.24) is 10.2 Å². The Morgan fingerprint density at radius 3 is 2.94 bits per heavy atom. The van der Waals surface area contributed by atoms with E-state index in [-0.39, 0.29) is 0 Å². The third-order valence-electron chi connectivity index (χ3n) is 3.85. The van der Waals surface area contributed by atoms with Crippen molar-refractivity contribution in [3.8, 4) is 0 Å². The molecular weight excluding hydrogens is 228 g/mol. The molecule has 3 atom stereocenters. The number of nitrogens with zero attached hydrogens (tertiary/aromatic N) is 1. The van der Waals surface area contributed by atoms with Crippen LogP contribution in [0.25, 0.3) is 0 Å². The smallest absolute Gasteiger partial charge is 0.0388 e. The second-order valence-electron chi connectivity index (χ2n) is 5.36. The van der Waals surface area contributed by atoms with E-state index in [0.29, 0.717) is 12.1 Å². The Balaban J connectivity index is 1.85. The summed E-state index contributed by atoms with van der Waals surface area (Å²) in [6.07, 6.45) is 2.72. The Morgan fingerprint density at radius 2 is 2.29 bits per heavy atom.